The fraction of sp³-hybridized carbons (Fsp3) is 0.438. The summed E-state index contributed by atoms with van der Waals surface area (Å²) in [6.45, 7) is 3.69. The van der Waals surface area contributed by atoms with Gasteiger partial charge in [0.1, 0.15) is 0 Å². The molecule has 0 aliphatic carbocycles. The van der Waals surface area contributed by atoms with Gasteiger partial charge in [-0.25, -0.2) is 0 Å². The number of hydrogen-bond donors (Lipinski definition) is 1. The fourth-order valence-corrected chi connectivity index (χ4v) is 2.28. The van der Waals surface area contributed by atoms with E-state index in [1.807, 2.05) is 23.1 Å². The average Bonchev–Trinajstić information content (AvgIpc) is 2.84. The van der Waals surface area contributed by atoms with Gasteiger partial charge in [-0.05, 0) is 24.9 Å². The first-order valence-electron chi connectivity index (χ1n) is 7.06. The Hall–Kier alpha value is -1.32. The van der Waals surface area contributed by atoms with Gasteiger partial charge in [0.25, 0.3) is 0 Å². The zero-order chi connectivity index (χ0) is 13.3. The van der Waals surface area contributed by atoms with E-state index in [-0.39, 0.29) is 12.4 Å². The Bertz CT molecular complexity index is 420. The van der Waals surface area contributed by atoms with Crippen LogP contribution in [0, 0.1) is 0 Å². The van der Waals surface area contributed by atoms with Gasteiger partial charge in [0, 0.05) is 26.1 Å². The molecule has 2 rings (SSSR count). The van der Waals surface area contributed by atoms with Crippen LogP contribution in [0.25, 0.3) is 6.08 Å². The van der Waals surface area contributed by atoms with E-state index in [0.29, 0.717) is 5.91 Å². The quantitative estimate of drug-likeness (QED) is 0.784. The lowest BCUT2D eigenvalue weighted by molar-refractivity contribution is -0.127. The largest absolute Gasteiger partial charge is 0.343 e. The van der Waals surface area contributed by atoms with E-state index in [2.05, 4.69) is 29.6 Å². The first-order chi connectivity index (χ1) is 9.36. The van der Waals surface area contributed by atoms with E-state index in [4.69, 9.17) is 0 Å². The molecule has 1 N–H and O–H groups in total. The number of hydrogen-bond acceptors (Lipinski definition) is 2. The van der Waals surface area contributed by atoms with Crippen LogP contribution < -0.4 is 5.32 Å². The van der Waals surface area contributed by atoms with Crippen molar-refractivity contribution < 1.29 is 4.79 Å². The van der Waals surface area contributed by atoms with Gasteiger partial charge < -0.3 is 10.2 Å². The minimum atomic E-state index is 0. The number of benzene rings is 1. The lowest BCUT2D eigenvalue weighted by atomic mass is 10.2. The Labute approximate surface area is 127 Å². The Balaban J connectivity index is 0.00000200. The standard InChI is InChI=1S/C16H22N2O.ClH/c19-16-10-5-13-18(16)14-6-12-17-11-4-9-15-7-2-1-3-8-15;/h1-4,7-9,17H,5-6,10-14H2;1H/b9-4+;. The van der Waals surface area contributed by atoms with E-state index in [1.165, 1.54) is 5.56 Å². The normalized spacial score (nSPS) is 14.8. The Kier molecular flexibility index (Phi) is 8.00. The topological polar surface area (TPSA) is 32.3 Å². The molecule has 0 atom stereocenters. The van der Waals surface area contributed by atoms with Crippen molar-refractivity contribution in [1.29, 1.82) is 0 Å². The maximum absolute atomic E-state index is 11.4. The Morgan fingerprint density at radius 1 is 1.25 bits per heavy atom. The van der Waals surface area contributed by atoms with Crippen molar-refractivity contribution in [2.75, 3.05) is 26.2 Å². The molecular weight excluding hydrogens is 272 g/mol. The number of likely N-dealkylation sites (tertiary alicyclic amines) is 1. The molecule has 1 amide bonds. The van der Waals surface area contributed by atoms with Crippen LogP contribution in [0.4, 0.5) is 0 Å². The molecule has 1 heterocycles. The van der Waals surface area contributed by atoms with Crippen molar-refractivity contribution in [3.8, 4) is 0 Å². The lowest BCUT2D eigenvalue weighted by Gasteiger charge is -2.14. The number of rotatable bonds is 7. The summed E-state index contributed by atoms with van der Waals surface area (Å²) in [6, 6.07) is 10.3. The van der Waals surface area contributed by atoms with Crippen LogP contribution in [0.15, 0.2) is 36.4 Å². The molecule has 20 heavy (non-hydrogen) atoms. The highest BCUT2D eigenvalue weighted by atomic mass is 35.5. The third-order valence-electron chi connectivity index (χ3n) is 3.33. The van der Waals surface area contributed by atoms with Crippen molar-refractivity contribution >= 4 is 24.4 Å². The van der Waals surface area contributed by atoms with Gasteiger partial charge in [-0.3, -0.25) is 4.79 Å². The molecule has 0 unspecified atom stereocenters. The molecule has 0 bridgehead atoms. The van der Waals surface area contributed by atoms with Crippen molar-refractivity contribution in [2.45, 2.75) is 19.3 Å². The maximum atomic E-state index is 11.4. The van der Waals surface area contributed by atoms with Crippen molar-refractivity contribution in [3.05, 3.63) is 42.0 Å². The summed E-state index contributed by atoms with van der Waals surface area (Å²) in [5.74, 6) is 0.323. The van der Waals surface area contributed by atoms with Crippen LogP contribution in [0.2, 0.25) is 0 Å². The second-order valence-corrected chi connectivity index (χ2v) is 4.86. The van der Waals surface area contributed by atoms with E-state index in [9.17, 15) is 4.79 Å². The molecule has 1 saturated heterocycles. The van der Waals surface area contributed by atoms with Crippen molar-refractivity contribution in [3.63, 3.8) is 0 Å². The predicted octanol–water partition coefficient (Wildman–Crippen LogP) is 2.72. The first-order valence-corrected chi connectivity index (χ1v) is 7.06. The zero-order valence-electron chi connectivity index (χ0n) is 11.8. The minimum absolute atomic E-state index is 0. The van der Waals surface area contributed by atoms with Crippen LogP contribution in [-0.4, -0.2) is 37.0 Å². The summed E-state index contributed by atoms with van der Waals surface area (Å²) < 4.78 is 0. The SMILES string of the molecule is Cl.O=C1CCCN1CCCNC/C=C/c1ccccc1. The molecular formula is C16H23ClN2O. The van der Waals surface area contributed by atoms with Crippen LogP contribution in [0.1, 0.15) is 24.8 Å². The third-order valence-corrected chi connectivity index (χ3v) is 3.33. The number of amides is 1. The molecule has 1 aliphatic rings. The number of nitrogens with one attached hydrogen (secondary N) is 1. The second-order valence-electron chi connectivity index (χ2n) is 4.86. The molecule has 0 saturated carbocycles. The number of nitrogens with zero attached hydrogens (tertiary/aromatic N) is 1. The monoisotopic (exact) mass is 294 g/mol. The summed E-state index contributed by atoms with van der Waals surface area (Å²) in [6.07, 6.45) is 7.07. The molecule has 1 aromatic carbocycles. The third kappa shape index (κ3) is 5.76. The van der Waals surface area contributed by atoms with Gasteiger partial charge >= 0.3 is 0 Å². The van der Waals surface area contributed by atoms with E-state index in [0.717, 1.165) is 45.4 Å². The highest BCUT2D eigenvalue weighted by molar-refractivity contribution is 5.85. The Morgan fingerprint density at radius 2 is 2.05 bits per heavy atom. The summed E-state index contributed by atoms with van der Waals surface area (Å²) >= 11 is 0. The van der Waals surface area contributed by atoms with Gasteiger partial charge in [-0.15, -0.1) is 12.4 Å². The van der Waals surface area contributed by atoms with Gasteiger partial charge in [0.15, 0.2) is 0 Å². The fourth-order valence-electron chi connectivity index (χ4n) is 2.28. The number of halogens is 1. The molecule has 0 aromatic heterocycles. The van der Waals surface area contributed by atoms with Gasteiger partial charge in [-0.2, -0.15) is 0 Å². The highest BCUT2D eigenvalue weighted by Gasteiger charge is 2.18. The highest BCUT2D eigenvalue weighted by Crippen LogP contribution is 2.09. The molecule has 110 valence electrons. The van der Waals surface area contributed by atoms with Gasteiger partial charge in [0.05, 0.1) is 0 Å². The van der Waals surface area contributed by atoms with Crippen molar-refractivity contribution in [2.24, 2.45) is 0 Å². The molecule has 1 aliphatic heterocycles. The van der Waals surface area contributed by atoms with E-state index < -0.39 is 0 Å². The molecule has 3 nitrogen and oxygen atoms in total. The molecule has 0 spiro atoms. The summed E-state index contributed by atoms with van der Waals surface area (Å²) in [5, 5.41) is 3.37. The van der Waals surface area contributed by atoms with E-state index in [1.54, 1.807) is 0 Å². The smallest absolute Gasteiger partial charge is 0.222 e. The predicted molar refractivity (Wildman–Crippen MR) is 86.0 cm³/mol. The minimum Gasteiger partial charge on any atom is -0.343 e. The molecule has 1 fully saturated rings. The zero-order valence-corrected chi connectivity index (χ0v) is 12.6. The molecule has 1 aromatic rings. The van der Waals surface area contributed by atoms with Crippen LogP contribution in [0.3, 0.4) is 0 Å². The summed E-state index contributed by atoms with van der Waals surface area (Å²) in [4.78, 5) is 13.4. The van der Waals surface area contributed by atoms with Crippen LogP contribution >= 0.6 is 12.4 Å². The van der Waals surface area contributed by atoms with Crippen molar-refractivity contribution in [1.82, 2.24) is 10.2 Å². The number of carbonyl (C=O) groups excluding carboxylic acids is 1. The van der Waals surface area contributed by atoms with Crippen LogP contribution in [-0.2, 0) is 4.79 Å². The van der Waals surface area contributed by atoms with Gasteiger partial charge in [-0.1, -0.05) is 42.5 Å². The summed E-state index contributed by atoms with van der Waals surface area (Å²) in [5.41, 5.74) is 1.23. The van der Waals surface area contributed by atoms with Gasteiger partial charge in [0.2, 0.25) is 5.91 Å². The molecule has 0 radical (unpaired) electrons. The maximum Gasteiger partial charge on any atom is 0.222 e. The summed E-state index contributed by atoms with van der Waals surface area (Å²) in [7, 11) is 0. The Morgan fingerprint density at radius 3 is 2.75 bits per heavy atom. The average molecular weight is 295 g/mol. The molecule has 4 heteroatoms. The van der Waals surface area contributed by atoms with E-state index >= 15 is 0 Å². The second kappa shape index (κ2) is 9.56. The van der Waals surface area contributed by atoms with Crippen LogP contribution in [0.5, 0.6) is 0 Å². The number of carbonyl (C=O) groups is 1. The first kappa shape index (κ1) is 16.7. The lowest BCUT2D eigenvalue weighted by Crippen LogP contribution is -2.28.